The highest BCUT2D eigenvalue weighted by Crippen LogP contribution is 2.28. The summed E-state index contributed by atoms with van der Waals surface area (Å²) in [6.07, 6.45) is 0.846. The minimum absolute atomic E-state index is 0.0650. The van der Waals surface area contributed by atoms with E-state index in [0.717, 1.165) is 15.4 Å². The van der Waals surface area contributed by atoms with E-state index in [1.807, 2.05) is 0 Å². The third kappa shape index (κ3) is 4.47. The molecular weight excluding hydrogens is 394 g/mol. The Bertz CT molecular complexity index is 1000. The summed E-state index contributed by atoms with van der Waals surface area (Å²) >= 11 is 0. The molecule has 0 radical (unpaired) electrons. The molecule has 2 atom stereocenters. The number of benzene rings is 2. The van der Waals surface area contributed by atoms with Crippen LogP contribution >= 0.6 is 0 Å². The van der Waals surface area contributed by atoms with Crippen molar-refractivity contribution in [2.75, 3.05) is 11.9 Å². The summed E-state index contributed by atoms with van der Waals surface area (Å²) in [4.78, 5) is 23.0. The van der Waals surface area contributed by atoms with Crippen LogP contribution in [0.3, 0.4) is 0 Å². The first-order valence-corrected chi connectivity index (χ1v) is 10.7. The molecule has 1 aliphatic rings. The van der Waals surface area contributed by atoms with Gasteiger partial charge in [0.25, 0.3) is 0 Å². The number of nitrogens with one attached hydrogen (secondary N) is 1. The standard InChI is InChI=1S/C20H23N3O5S/c1-13(21)19(24)22-16-8-4-14(5-9-16)15-6-10-17(11-7-15)29(27,28)23-12-2-3-18(23)20(25)26/h4-11,13,18H,2-3,12,21H2,1H3,(H,22,24)(H,25,26)/t13?,18-/m1/s1. The number of carbonyl (C=O) groups excluding carboxylic acids is 1. The Morgan fingerprint density at radius 3 is 2.17 bits per heavy atom. The molecule has 2 aromatic carbocycles. The molecule has 0 saturated carbocycles. The van der Waals surface area contributed by atoms with Gasteiger partial charge >= 0.3 is 5.97 Å². The number of nitrogens with two attached hydrogens (primary N) is 1. The second-order valence-corrected chi connectivity index (χ2v) is 8.88. The van der Waals surface area contributed by atoms with Crippen LogP contribution in [0.15, 0.2) is 53.4 Å². The van der Waals surface area contributed by atoms with Crippen molar-refractivity contribution < 1.29 is 23.1 Å². The van der Waals surface area contributed by atoms with Gasteiger partial charge < -0.3 is 16.2 Å². The molecular formula is C20H23N3O5S. The first kappa shape index (κ1) is 21.0. The van der Waals surface area contributed by atoms with Gasteiger partial charge in [0, 0.05) is 12.2 Å². The molecule has 1 unspecified atom stereocenters. The number of nitrogens with zero attached hydrogens (tertiary/aromatic N) is 1. The number of carboxylic acids is 1. The number of amides is 1. The van der Waals surface area contributed by atoms with Crippen molar-refractivity contribution in [2.45, 2.75) is 36.7 Å². The van der Waals surface area contributed by atoms with E-state index in [2.05, 4.69) is 5.32 Å². The second-order valence-electron chi connectivity index (χ2n) is 6.99. The summed E-state index contributed by atoms with van der Waals surface area (Å²) in [5.74, 6) is -1.41. The summed E-state index contributed by atoms with van der Waals surface area (Å²) in [5, 5.41) is 12.0. The van der Waals surface area contributed by atoms with Crippen molar-refractivity contribution in [3.8, 4) is 11.1 Å². The number of anilines is 1. The molecule has 29 heavy (non-hydrogen) atoms. The zero-order valence-corrected chi connectivity index (χ0v) is 16.7. The lowest BCUT2D eigenvalue weighted by molar-refractivity contribution is -0.140. The van der Waals surface area contributed by atoms with Crippen molar-refractivity contribution in [1.29, 1.82) is 0 Å². The predicted molar refractivity (Wildman–Crippen MR) is 109 cm³/mol. The fraction of sp³-hybridized carbons (Fsp3) is 0.300. The first-order chi connectivity index (χ1) is 13.7. The number of rotatable bonds is 6. The first-order valence-electron chi connectivity index (χ1n) is 9.22. The minimum Gasteiger partial charge on any atom is -0.480 e. The highest BCUT2D eigenvalue weighted by molar-refractivity contribution is 7.89. The van der Waals surface area contributed by atoms with Gasteiger partial charge in [-0.25, -0.2) is 8.42 Å². The van der Waals surface area contributed by atoms with Crippen molar-refractivity contribution >= 4 is 27.6 Å². The van der Waals surface area contributed by atoms with Crippen LogP contribution in [0.5, 0.6) is 0 Å². The predicted octanol–water partition coefficient (Wildman–Crippen LogP) is 1.88. The highest BCUT2D eigenvalue weighted by atomic mass is 32.2. The van der Waals surface area contributed by atoms with Crippen molar-refractivity contribution in [3.63, 3.8) is 0 Å². The number of aliphatic carboxylic acids is 1. The Labute approximate surface area is 169 Å². The summed E-state index contributed by atoms with van der Waals surface area (Å²) in [5.41, 5.74) is 7.78. The van der Waals surface area contributed by atoms with Gasteiger partial charge in [0.15, 0.2) is 0 Å². The van der Waals surface area contributed by atoms with Gasteiger partial charge in [0.1, 0.15) is 6.04 Å². The molecule has 154 valence electrons. The van der Waals surface area contributed by atoms with Crippen LogP contribution in [0.2, 0.25) is 0 Å². The van der Waals surface area contributed by atoms with Crippen molar-refractivity contribution in [2.24, 2.45) is 5.73 Å². The van der Waals surface area contributed by atoms with Crippen LogP contribution in [0.4, 0.5) is 5.69 Å². The normalized spacial score (nSPS) is 18.3. The van der Waals surface area contributed by atoms with Crippen LogP contribution in [0, 0.1) is 0 Å². The van der Waals surface area contributed by atoms with Gasteiger partial charge in [0.2, 0.25) is 15.9 Å². The molecule has 0 bridgehead atoms. The lowest BCUT2D eigenvalue weighted by Gasteiger charge is -2.21. The van der Waals surface area contributed by atoms with Gasteiger partial charge in [-0.05, 0) is 55.2 Å². The van der Waals surface area contributed by atoms with Crippen LogP contribution in [0.25, 0.3) is 11.1 Å². The Morgan fingerprint density at radius 1 is 1.10 bits per heavy atom. The van der Waals surface area contributed by atoms with E-state index < -0.39 is 28.1 Å². The third-order valence-corrected chi connectivity index (χ3v) is 6.77. The zero-order valence-electron chi connectivity index (χ0n) is 15.9. The summed E-state index contributed by atoms with van der Waals surface area (Å²) in [6, 6.07) is 11.8. The Kier molecular flexibility index (Phi) is 6.02. The fourth-order valence-corrected chi connectivity index (χ4v) is 4.88. The minimum atomic E-state index is -3.87. The average Bonchev–Trinajstić information content (AvgIpc) is 3.20. The van der Waals surface area contributed by atoms with Crippen LogP contribution < -0.4 is 11.1 Å². The lowest BCUT2D eigenvalue weighted by atomic mass is 10.1. The third-order valence-electron chi connectivity index (χ3n) is 4.85. The molecule has 1 heterocycles. The van der Waals surface area contributed by atoms with Crippen molar-refractivity contribution in [1.82, 2.24) is 4.31 Å². The Morgan fingerprint density at radius 2 is 1.66 bits per heavy atom. The van der Waals surface area contributed by atoms with E-state index in [9.17, 15) is 23.1 Å². The van der Waals surface area contributed by atoms with Crippen LogP contribution in [-0.2, 0) is 19.6 Å². The van der Waals surface area contributed by atoms with E-state index in [0.29, 0.717) is 18.5 Å². The van der Waals surface area contributed by atoms with E-state index in [1.165, 1.54) is 12.1 Å². The maximum Gasteiger partial charge on any atom is 0.322 e. The van der Waals surface area contributed by atoms with Crippen LogP contribution in [-0.4, -0.2) is 48.3 Å². The Balaban J connectivity index is 1.78. The fourth-order valence-electron chi connectivity index (χ4n) is 3.23. The molecule has 4 N–H and O–H groups in total. The molecule has 9 heteroatoms. The molecule has 2 aromatic rings. The molecule has 0 aromatic heterocycles. The maximum atomic E-state index is 12.8. The molecule has 1 saturated heterocycles. The second kappa shape index (κ2) is 8.32. The number of carbonyl (C=O) groups is 2. The van der Waals surface area contributed by atoms with Gasteiger partial charge in [-0.3, -0.25) is 9.59 Å². The van der Waals surface area contributed by atoms with E-state index in [1.54, 1.807) is 43.3 Å². The molecule has 0 aliphatic carbocycles. The Hall–Kier alpha value is -2.75. The molecule has 8 nitrogen and oxygen atoms in total. The summed E-state index contributed by atoms with van der Waals surface area (Å²) in [6.45, 7) is 1.80. The lowest BCUT2D eigenvalue weighted by Crippen LogP contribution is -2.40. The number of carboxylic acid groups (broad SMARTS) is 1. The van der Waals surface area contributed by atoms with E-state index >= 15 is 0 Å². The summed E-state index contributed by atoms with van der Waals surface area (Å²) < 4.78 is 26.7. The molecule has 0 spiro atoms. The molecule has 1 amide bonds. The van der Waals surface area contributed by atoms with Gasteiger partial charge in [-0.15, -0.1) is 0 Å². The van der Waals surface area contributed by atoms with Crippen LogP contribution in [0.1, 0.15) is 19.8 Å². The zero-order chi connectivity index (χ0) is 21.2. The summed E-state index contributed by atoms with van der Waals surface area (Å²) in [7, 11) is -3.87. The smallest absolute Gasteiger partial charge is 0.322 e. The van der Waals surface area contributed by atoms with Gasteiger partial charge in [-0.2, -0.15) is 4.31 Å². The largest absolute Gasteiger partial charge is 0.480 e. The van der Waals surface area contributed by atoms with E-state index in [-0.39, 0.29) is 17.3 Å². The molecule has 1 fully saturated rings. The SMILES string of the molecule is CC(N)C(=O)Nc1ccc(-c2ccc(S(=O)(=O)N3CCC[C@@H]3C(=O)O)cc2)cc1. The number of sulfonamides is 1. The van der Waals surface area contributed by atoms with Gasteiger partial charge in [-0.1, -0.05) is 24.3 Å². The number of hydrogen-bond acceptors (Lipinski definition) is 5. The van der Waals surface area contributed by atoms with Gasteiger partial charge in [0.05, 0.1) is 10.9 Å². The monoisotopic (exact) mass is 417 g/mol. The molecule has 1 aliphatic heterocycles. The maximum absolute atomic E-state index is 12.8. The van der Waals surface area contributed by atoms with E-state index in [4.69, 9.17) is 5.73 Å². The van der Waals surface area contributed by atoms with Crippen molar-refractivity contribution in [3.05, 3.63) is 48.5 Å². The number of hydrogen-bond donors (Lipinski definition) is 3. The highest BCUT2D eigenvalue weighted by Gasteiger charge is 2.39. The quantitative estimate of drug-likeness (QED) is 0.658. The average molecular weight is 417 g/mol. The molecule has 3 rings (SSSR count). The topological polar surface area (TPSA) is 130 Å².